The predicted octanol–water partition coefficient (Wildman–Crippen LogP) is 6.61. The normalized spacial score (nSPS) is 51.0. The first kappa shape index (κ1) is 15.3. The van der Waals surface area contributed by atoms with E-state index in [-0.39, 0.29) is 0 Å². The van der Waals surface area contributed by atoms with E-state index in [9.17, 15) is 0 Å². The molecule has 0 aromatic rings. The minimum atomic E-state index is 0.588. The van der Waals surface area contributed by atoms with E-state index >= 15 is 0 Å². The largest absolute Gasteiger partial charge is 0.0735 e. The molecule has 4 rings (SSSR count). The predicted molar refractivity (Wildman–Crippen MR) is 94.6 cm³/mol. The van der Waals surface area contributed by atoms with Gasteiger partial charge in [-0.3, -0.25) is 0 Å². The Balaban J connectivity index is 1.66. The smallest absolute Gasteiger partial charge is 0.00798 e. The quantitative estimate of drug-likeness (QED) is 0.478. The van der Waals surface area contributed by atoms with Crippen LogP contribution in [0.4, 0.5) is 0 Å². The van der Waals surface area contributed by atoms with Crippen molar-refractivity contribution in [3.63, 3.8) is 0 Å². The van der Waals surface area contributed by atoms with Gasteiger partial charge in [0.1, 0.15) is 0 Å². The van der Waals surface area contributed by atoms with E-state index in [1.54, 1.807) is 5.57 Å². The van der Waals surface area contributed by atoms with Gasteiger partial charge in [-0.2, -0.15) is 0 Å². The Kier molecular flexibility index (Phi) is 3.38. The van der Waals surface area contributed by atoms with Crippen LogP contribution in [0, 0.1) is 40.4 Å². The minimum absolute atomic E-state index is 0.588. The summed E-state index contributed by atoms with van der Waals surface area (Å²) >= 11 is 0. The molecule has 6 atom stereocenters. The lowest BCUT2D eigenvalue weighted by Gasteiger charge is -2.57. The van der Waals surface area contributed by atoms with Crippen LogP contribution in [0.5, 0.6) is 0 Å². The molecule has 0 heterocycles. The highest BCUT2D eigenvalue weighted by atomic mass is 14.6. The molecular formula is C22H36. The van der Waals surface area contributed by atoms with E-state index in [4.69, 9.17) is 0 Å². The van der Waals surface area contributed by atoms with Crippen LogP contribution in [0.1, 0.15) is 86.0 Å². The SMILES string of the molecule is CC1=C2CC[C@H]3[C@H]4CC[C@H](C(C)C)[C@@]4(C)CC[C@@H]3[C@@]2(C)CC1. The molecule has 0 aromatic heterocycles. The molecule has 0 aromatic carbocycles. The van der Waals surface area contributed by atoms with Crippen molar-refractivity contribution in [1.29, 1.82) is 0 Å². The molecule has 0 saturated heterocycles. The third-order valence-electron chi connectivity index (χ3n) is 9.09. The zero-order valence-electron chi connectivity index (χ0n) is 15.5. The second-order valence-electron chi connectivity index (χ2n) is 10.1. The summed E-state index contributed by atoms with van der Waals surface area (Å²) in [6, 6.07) is 0. The van der Waals surface area contributed by atoms with Gasteiger partial charge in [0.05, 0.1) is 0 Å². The van der Waals surface area contributed by atoms with Gasteiger partial charge in [-0.15, -0.1) is 0 Å². The van der Waals surface area contributed by atoms with Crippen molar-refractivity contribution >= 4 is 0 Å². The van der Waals surface area contributed by atoms with Crippen LogP contribution in [-0.2, 0) is 0 Å². The Bertz CT molecular complexity index is 498. The number of allylic oxidation sites excluding steroid dienone is 2. The molecule has 3 fully saturated rings. The summed E-state index contributed by atoms with van der Waals surface area (Å²) < 4.78 is 0. The maximum Gasteiger partial charge on any atom is -0.00798 e. The molecule has 3 saturated carbocycles. The summed E-state index contributed by atoms with van der Waals surface area (Å²) in [4.78, 5) is 0. The third kappa shape index (κ3) is 1.82. The maximum atomic E-state index is 2.68. The Morgan fingerprint density at radius 2 is 1.68 bits per heavy atom. The maximum absolute atomic E-state index is 2.68. The first-order valence-corrected chi connectivity index (χ1v) is 10.1. The monoisotopic (exact) mass is 300 g/mol. The van der Waals surface area contributed by atoms with Crippen LogP contribution in [0.15, 0.2) is 11.1 Å². The Labute approximate surface area is 138 Å². The van der Waals surface area contributed by atoms with Crippen molar-refractivity contribution in [3.8, 4) is 0 Å². The van der Waals surface area contributed by atoms with Gasteiger partial charge in [0, 0.05) is 0 Å². The molecule has 0 bridgehead atoms. The number of fused-ring (bicyclic) bond motifs is 5. The highest BCUT2D eigenvalue weighted by Crippen LogP contribution is 2.68. The van der Waals surface area contributed by atoms with E-state index < -0.39 is 0 Å². The fourth-order valence-corrected chi connectivity index (χ4v) is 8.07. The molecule has 0 radical (unpaired) electrons. The Morgan fingerprint density at radius 1 is 0.909 bits per heavy atom. The number of hydrogen-bond acceptors (Lipinski definition) is 0. The summed E-state index contributed by atoms with van der Waals surface area (Å²) in [6.45, 7) is 12.7. The first-order valence-electron chi connectivity index (χ1n) is 10.1. The van der Waals surface area contributed by atoms with E-state index in [2.05, 4.69) is 34.6 Å². The average Bonchev–Trinajstić information content (AvgIpc) is 2.96. The lowest BCUT2D eigenvalue weighted by Crippen LogP contribution is -2.49. The first-order chi connectivity index (χ1) is 10.4. The molecule has 4 aliphatic rings. The van der Waals surface area contributed by atoms with Gasteiger partial charge in [-0.1, -0.05) is 38.8 Å². The van der Waals surface area contributed by atoms with Gasteiger partial charge in [-0.05, 0) is 98.7 Å². The fourth-order valence-electron chi connectivity index (χ4n) is 8.07. The molecule has 0 aliphatic heterocycles. The lowest BCUT2D eigenvalue weighted by atomic mass is 9.48. The summed E-state index contributed by atoms with van der Waals surface area (Å²) in [7, 11) is 0. The molecule has 4 aliphatic carbocycles. The standard InChI is InChI=1S/C22H36/c1-14(2)17-8-9-19-16-6-7-18-15(3)10-12-22(18,5)20(16)11-13-21(17,19)4/h14,16-17,19-20H,6-13H2,1-5H3/t16-,17+,19+,20-,21+,22-/m0/s1. The van der Waals surface area contributed by atoms with Crippen molar-refractivity contribution in [1.82, 2.24) is 0 Å². The molecule has 124 valence electrons. The third-order valence-corrected chi connectivity index (χ3v) is 9.09. The minimum Gasteiger partial charge on any atom is -0.0735 e. The fraction of sp³-hybridized carbons (Fsp3) is 0.909. The van der Waals surface area contributed by atoms with Crippen molar-refractivity contribution < 1.29 is 0 Å². The molecule has 0 amide bonds. The van der Waals surface area contributed by atoms with E-state index in [1.807, 2.05) is 5.57 Å². The van der Waals surface area contributed by atoms with Gasteiger partial charge >= 0.3 is 0 Å². The van der Waals surface area contributed by atoms with E-state index in [0.717, 1.165) is 29.6 Å². The van der Waals surface area contributed by atoms with Gasteiger partial charge < -0.3 is 0 Å². The Morgan fingerprint density at radius 3 is 2.41 bits per heavy atom. The van der Waals surface area contributed by atoms with Gasteiger partial charge in [0.25, 0.3) is 0 Å². The molecular weight excluding hydrogens is 264 g/mol. The van der Waals surface area contributed by atoms with Crippen LogP contribution >= 0.6 is 0 Å². The number of hydrogen-bond donors (Lipinski definition) is 0. The average molecular weight is 301 g/mol. The van der Waals surface area contributed by atoms with Gasteiger partial charge in [-0.25, -0.2) is 0 Å². The van der Waals surface area contributed by atoms with E-state index in [1.165, 1.54) is 51.4 Å². The molecule has 0 nitrogen and oxygen atoms in total. The molecule has 22 heavy (non-hydrogen) atoms. The summed E-state index contributed by atoms with van der Waals surface area (Å²) in [6.07, 6.45) is 11.9. The van der Waals surface area contributed by atoms with Crippen molar-refractivity contribution in [2.24, 2.45) is 40.4 Å². The second kappa shape index (κ2) is 4.87. The van der Waals surface area contributed by atoms with Crippen LogP contribution in [-0.4, -0.2) is 0 Å². The zero-order chi connectivity index (χ0) is 15.7. The topological polar surface area (TPSA) is 0 Å². The molecule has 0 spiro atoms. The van der Waals surface area contributed by atoms with Crippen molar-refractivity contribution in [2.75, 3.05) is 0 Å². The van der Waals surface area contributed by atoms with Gasteiger partial charge in [0.2, 0.25) is 0 Å². The number of rotatable bonds is 1. The highest BCUT2D eigenvalue weighted by molar-refractivity contribution is 5.31. The summed E-state index contributed by atoms with van der Waals surface area (Å²) in [5, 5.41) is 0. The second-order valence-corrected chi connectivity index (χ2v) is 10.1. The molecule has 0 unspecified atom stereocenters. The Hall–Kier alpha value is -0.260. The molecule has 0 N–H and O–H groups in total. The van der Waals surface area contributed by atoms with Crippen molar-refractivity contribution in [3.05, 3.63) is 11.1 Å². The van der Waals surface area contributed by atoms with Crippen molar-refractivity contribution in [2.45, 2.75) is 86.0 Å². The van der Waals surface area contributed by atoms with E-state index in [0.29, 0.717) is 10.8 Å². The molecule has 0 heteroatoms. The van der Waals surface area contributed by atoms with Crippen LogP contribution < -0.4 is 0 Å². The zero-order valence-corrected chi connectivity index (χ0v) is 15.5. The highest BCUT2D eigenvalue weighted by Gasteiger charge is 2.59. The summed E-state index contributed by atoms with van der Waals surface area (Å²) in [5.74, 6) is 4.97. The van der Waals surface area contributed by atoms with Crippen LogP contribution in [0.3, 0.4) is 0 Å². The van der Waals surface area contributed by atoms with Crippen LogP contribution in [0.2, 0.25) is 0 Å². The summed E-state index contributed by atoms with van der Waals surface area (Å²) in [5.41, 5.74) is 4.92. The van der Waals surface area contributed by atoms with Gasteiger partial charge in [0.15, 0.2) is 0 Å². The van der Waals surface area contributed by atoms with Crippen LogP contribution in [0.25, 0.3) is 0 Å². The lowest BCUT2D eigenvalue weighted by molar-refractivity contribution is -0.0523.